The fraction of sp³-hybridized carbons (Fsp3) is 0.800. The molecule has 1 fully saturated rings. The number of ketones is 1. The van der Waals surface area contributed by atoms with Crippen LogP contribution in [0.5, 0.6) is 0 Å². The second kappa shape index (κ2) is 4.09. The monoisotopic (exact) mass is 200 g/mol. The zero-order valence-corrected chi connectivity index (χ0v) is 9.08. The van der Waals surface area contributed by atoms with Crippen molar-refractivity contribution in [2.75, 3.05) is 20.1 Å². The zero-order valence-electron chi connectivity index (χ0n) is 9.08. The Balaban J connectivity index is 2.48. The molecule has 0 spiro atoms. The molecular formula is C10H18NO3+. The number of piperidine rings is 1. The van der Waals surface area contributed by atoms with Gasteiger partial charge in [-0.25, -0.2) is 4.79 Å². The minimum absolute atomic E-state index is 0.164. The Bertz CT molecular complexity index is 242. The van der Waals surface area contributed by atoms with Gasteiger partial charge in [0.2, 0.25) is 0 Å². The van der Waals surface area contributed by atoms with Crippen LogP contribution < -0.4 is 0 Å². The summed E-state index contributed by atoms with van der Waals surface area (Å²) < 4.78 is 0.319. The molecule has 0 aliphatic carbocycles. The van der Waals surface area contributed by atoms with Crippen molar-refractivity contribution < 1.29 is 19.1 Å². The van der Waals surface area contributed by atoms with Crippen molar-refractivity contribution >= 4 is 11.8 Å². The second-order valence-corrected chi connectivity index (χ2v) is 4.21. The topological polar surface area (TPSA) is 43.4 Å². The zero-order chi connectivity index (χ0) is 10.8. The standard InChI is InChI=1S/C10H18NO3/c1-8(12)10-4-6-11(3,7-5-10)14-9(2)13/h10H,4-7H2,1-3H3/q+1. The summed E-state index contributed by atoms with van der Waals surface area (Å²) >= 11 is 0. The smallest absolute Gasteiger partial charge is 0.300 e. The van der Waals surface area contributed by atoms with Gasteiger partial charge in [0.15, 0.2) is 0 Å². The van der Waals surface area contributed by atoms with Crippen LogP contribution in [-0.2, 0) is 14.4 Å². The summed E-state index contributed by atoms with van der Waals surface area (Å²) in [6.07, 6.45) is 1.64. The molecule has 1 heterocycles. The summed E-state index contributed by atoms with van der Waals surface area (Å²) in [7, 11) is 1.89. The lowest BCUT2D eigenvalue weighted by Gasteiger charge is -2.35. The summed E-state index contributed by atoms with van der Waals surface area (Å²) in [4.78, 5) is 27.1. The molecule has 4 heteroatoms. The molecule has 0 aromatic heterocycles. The Kier molecular flexibility index (Phi) is 3.26. The molecule has 14 heavy (non-hydrogen) atoms. The van der Waals surface area contributed by atoms with Gasteiger partial charge in [0.25, 0.3) is 0 Å². The summed E-state index contributed by atoms with van der Waals surface area (Å²) in [5.74, 6) is 0.157. The number of carbonyl (C=O) groups excluding carboxylic acids is 2. The molecule has 0 bridgehead atoms. The van der Waals surface area contributed by atoms with Gasteiger partial charge in [0.05, 0.1) is 0 Å². The number of carbonyl (C=O) groups is 2. The van der Waals surface area contributed by atoms with Gasteiger partial charge in [-0.2, -0.15) is 0 Å². The van der Waals surface area contributed by atoms with Crippen LogP contribution in [0.3, 0.4) is 0 Å². The summed E-state index contributed by atoms with van der Waals surface area (Å²) in [6.45, 7) is 4.53. The Morgan fingerprint density at radius 2 is 1.71 bits per heavy atom. The molecule has 1 rings (SSSR count). The van der Waals surface area contributed by atoms with Crippen LogP contribution >= 0.6 is 0 Å². The van der Waals surface area contributed by atoms with Gasteiger partial charge in [-0.05, 0) is 6.92 Å². The number of hydroxylamine groups is 3. The lowest BCUT2D eigenvalue weighted by molar-refractivity contribution is -1.08. The van der Waals surface area contributed by atoms with Crippen LogP contribution in [0.15, 0.2) is 0 Å². The van der Waals surface area contributed by atoms with E-state index in [1.54, 1.807) is 6.92 Å². The van der Waals surface area contributed by atoms with E-state index in [0.717, 1.165) is 25.9 Å². The first-order valence-corrected chi connectivity index (χ1v) is 4.98. The molecule has 0 atom stereocenters. The number of Topliss-reactive ketones (excluding diaryl/α,β-unsaturated/α-hetero) is 1. The van der Waals surface area contributed by atoms with E-state index in [1.807, 2.05) is 7.05 Å². The van der Waals surface area contributed by atoms with Crippen LogP contribution in [0.4, 0.5) is 0 Å². The molecule has 0 amide bonds. The SMILES string of the molecule is CC(=O)O[N+]1(C)CCC(C(C)=O)CC1. The van der Waals surface area contributed by atoms with E-state index >= 15 is 0 Å². The largest absolute Gasteiger partial charge is 0.363 e. The fourth-order valence-corrected chi connectivity index (χ4v) is 1.92. The van der Waals surface area contributed by atoms with Gasteiger partial charge in [-0.3, -0.25) is 9.63 Å². The maximum atomic E-state index is 11.1. The van der Waals surface area contributed by atoms with Crippen molar-refractivity contribution in [3.05, 3.63) is 0 Å². The molecule has 0 aromatic rings. The molecule has 0 radical (unpaired) electrons. The van der Waals surface area contributed by atoms with E-state index in [9.17, 15) is 9.59 Å². The van der Waals surface area contributed by atoms with Gasteiger partial charge in [-0.1, -0.05) is 0 Å². The summed E-state index contributed by atoms with van der Waals surface area (Å²) in [6, 6.07) is 0. The third kappa shape index (κ3) is 2.80. The maximum absolute atomic E-state index is 11.1. The first-order chi connectivity index (χ1) is 6.43. The molecule has 0 N–H and O–H groups in total. The predicted molar refractivity (Wildman–Crippen MR) is 51.1 cm³/mol. The molecule has 80 valence electrons. The van der Waals surface area contributed by atoms with Gasteiger partial charge < -0.3 is 0 Å². The molecule has 0 aromatic carbocycles. The number of quaternary nitrogens is 1. The number of rotatable bonds is 2. The number of hydrogen-bond acceptors (Lipinski definition) is 3. The first-order valence-electron chi connectivity index (χ1n) is 4.98. The Morgan fingerprint density at radius 1 is 1.21 bits per heavy atom. The van der Waals surface area contributed by atoms with Crippen LogP contribution in [0.1, 0.15) is 26.7 Å². The third-order valence-electron chi connectivity index (χ3n) is 2.82. The highest BCUT2D eigenvalue weighted by Crippen LogP contribution is 2.23. The van der Waals surface area contributed by atoms with Crippen LogP contribution in [0.25, 0.3) is 0 Å². The molecule has 1 saturated heterocycles. The van der Waals surface area contributed by atoms with Crippen molar-refractivity contribution in [3.8, 4) is 0 Å². The van der Waals surface area contributed by atoms with Crippen molar-refractivity contribution in [3.63, 3.8) is 0 Å². The molecule has 1 aliphatic rings. The van der Waals surface area contributed by atoms with Gasteiger partial charge >= 0.3 is 5.97 Å². The quantitative estimate of drug-likeness (QED) is 0.622. The van der Waals surface area contributed by atoms with Crippen molar-refractivity contribution in [1.82, 2.24) is 0 Å². The maximum Gasteiger partial charge on any atom is 0.363 e. The van der Waals surface area contributed by atoms with Crippen molar-refractivity contribution in [2.45, 2.75) is 26.7 Å². The molecule has 0 saturated carbocycles. The van der Waals surface area contributed by atoms with Crippen molar-refractivity contribution in [1.29, 1.82) is 0 Å². The first kappa shape index (κ1) is 11.2. The van der Waals surface area contributed by atoms with E-state index in [1.165, 1.54) is 6.92 Å². The lowest BCUT2D eigenvalue weighted by atomic mass is 9.93. The van der Waals surface area contributed by atoms with Gasteiger partial charge in [0, 0.05) is 25.7 Å². The molecule has 0 unspecified atom stereocenters. The highest BCUT2D eigenvalue weighted by molar-refractivity contribution is 5.78. The van der Waals surface area contributed by atoms with Crippen LogP contribution in [0, 0.1) is 5.92 Å². The summed E-state index contributed by atoms with van der Waals surface area (Å²) in [5, 5.41) is 0. The Hall–Kier alpha value is -0.900. The molecule has 1 aliphatic heterocycles. The average molecular weight is 200 g/mol. The Morgan fingerprint density at radius 3 is 2.07 bits per heavy atom. The second-order valence-electron chi connectivity index (χ2n) is 4.21. The minimum atomic E-state index is -0.256. The highest BCUT2D eigenvalue weighted by Gasteiger charge is 2.35. The van der Waals surface area contributed by atoms with E-state index in [-0.39, 0.29) is 17.7 Å². The molecular weight excluding hydrogens is 182 g/mol. The highest BCUT2D eigenvalue weighted by atomic mass is 16.7. The number of likely N-dealkylation sites (tertiary alicyclic amines) is 1. The minimum Gasteiger partial charge on any atom is -0.300 e. The summed E-state index contributed by atoms with van der Waals surface area (Å²) in [5.41, 5.74) is 0. The number of hydrogen-bond donors (Lipinski definition) is 0. The van der Waals surface area contributed by atoms with Crippen molar-refractivity contribution in [2.24, 2.45) is 5.92 Å². The fourth-order valence-electron chi connectivity index (χ4n) is 1.92. The van der Waals surface area contributed by atoms with Crippen LogP contribution in [-0.4, -0.2) is 36.5 Å². The number of nitrogens with zero attached hydrogens (tertiary/aromatic N) is 1. The lowest BCUT2D eigenvalue weighted by Crippen LogP contribution is -2.51. The van der Waals surface area contributed by atoms with E-state index < -0.39 is 0 Å². The normalized spacial score (nSPS) is 32.4. The molecule has 4 nitrogen and oxygen atoms in total. The van der Waals surface area contributed by atoms with Gasteiger partial charge in [0.1, 0.15) is 25.9 Å². The average Bonchev–Trinajstić information content (AvgIpc) is 2.02. The van der Waals surface area contributed by atoms with E-state index in [4.69, 9.17) is 4.84 Å². The van der Waals surface area contributed by atoms with E-state index in [2.05, 4.69) is 0 Å². The Labute approximate surface area is 84.4 Å². The van der Waals surface area contributed by atoms with Gasteiger partial charge in [-0.15, -0.1) is 4.65 Å². The van der Waals surface area contributed by atoms with Crippen LogP contribution in [0.2, 0.25) is 0 Å². The third-order valence-corrected chi connectivity index (χ3v) is 2.82. The van der Waals surface area contributed by atoms with E-state index in [0.29, 0.717) is 4.65 Å². The predicted octanol–water partition coefficient (Wildman–Crippen LogP) is 0.910.